The number of hydrogen-bond donors (Lipinski definition) is 1. The van der Waals surface area contributed by atoms with Gasteiger partial charge >= 0.3 is 0 Å². The molecule has 0 amide bonds. The fraction of sp³-hybridized carbons (Fsp3) is 0.400. The average molecular weight is 229 g/mol. The van der Waals surface area contributed by atoms with Gasteiger partial charge in [0.25, 0.3) is 0 Å². The van der Waals surface area contributed by atoms with Crippen LogP contribution >= 0.6 is 0 Å². The molecule has 1 aliphatic carbocycles. The van der Waals surface area contributed by atoms with Crippen LogP contribution in [0, 0.1) is 5.82 Å². The summed E-state index contributed by atoms with van der Waals surface area (Å²) in [5.74, 6) is -0.616. The van der Waals surface area contributed by atoms with Crippen LogP contribution < -0.4 is 5.73 Å². The molecule has 1 aliphatic rings. The van der Waals surface area contributed by atoms with Crippen molar-refractivity contribution in [2.24, 2.45) is 5.73 Å². The Morgan fingerprint density at radius 2 is 2.07 bits per heavy atom. The molecule has 0 unspecified atom stereocenters. The summed E-state index contributed by atoms with van der Waals surface area (Å²) in [4.78, 5) is 0. The van der Waals surface area contributed by atoms with E-state index in [1.807, 2.05) is 0 Å². The molecule has 3 nitrogen and oxygen atoms in total. The molecule has 15 heavy (non-hydrogen) atoms. The Balaban J connectivity index is 2.29. The summed E-state index contributed by atoms with van der Waals surface area (Å²) in [5.41, 5.74) is 6.34. The van der Waals surface area contributed by atoms with Gasteiger partial charge in [0.05, 0.1) is 5.25 Å². The van der Waals surface area contributed by atoms with Crippen LogP contribution in [-0.2, 0) is 9.84 Å². The Kier molecular flexibility index (Phi) is 2.31. The highest BCUT2D eigenvalue weighted by Gasteiger charge is 2.54. The van der Waals surface area contributed by atoms with Crippen molar-refractivity contribution in [3.05, 3.63) is 35.6 Å². The number of sulfone groups is 1. The van der Waals surface area contributed by atoms with Crippen LogP contribution in [0.1, 0.15) is 11.5 Å². The van der Waals surface area contributed by atoms with E-state index in [2.05, 4.69) is 0 Å². The van der Waals surface area contributed by atoms with Crippen LogP contribution in [0.2, 0.25) is 0 Å². The lowest BCUT2D eigenvalue weighted by molar-refractivity contribution is 0.599. The summed E-state index contributed by atoms with van der Waals surface area (Å²) in [6, 6.07) is 5.54. The van der Waals surface area contributed by atoms with Crippen LogP contribution in [0.5, 0.6) is 0 Å². The Labute approximate surface area is 88.0 Å². The van der Waals surface area contributed by atoms with Crippen molar-refractivity contribution < 1.29 is 12.8 Å². The molecule has 0 spiro atoms. The maximum Gasteiger partial charge on any atom is 0.152 e. The van der Waals surface area contributed by atoms with Crippen LogP contribution in [0.15, 0.2) is 24.3 Å². The largest absolute Gasteiger partial charge is 0.326 e. The van der Waals surface area contributed by atoms with E-state index in [1.165, 1.54) is 12.1 Å². The first kappa shape index (κ1) is 10.6. The number of halogens is 1. The van der Waals surface area contributed by atoms with Crippen molar-refractivity contribution >= 4 is 9.84 Å². The lowest BCUT2D eigenvalue weighted by atomic mass is 10.1. The average Bonchev–Trinajstić information content (AvgIpc) is 2.76. The first-order valence-corrected chi connectivity index (χ1v) is 6.56. The number of hydrogen-bond acceptors (Lipinski definition) is 3. The standard InChI is InChI=1S/C10H12FNO2S/c1-15(13,14)10-8(9(10)12)6-3-2-4-7(11)5-6/h2-5,8-10H,12H2,1H3/t8-,9-,10+/m1/s1. The summed E-state index contributed by atoms with van der Waals surface area (Å²) < 4.78 is 35.5. The van der Waals surface area contributed by atoms with E-state index in [0.717, 1.165) is 6.26 Å². The molecule has 0 radical (unpaired) electrons. The van der Waals surface area contributed by atoms with Gasteiger partial charge in [0.15, 0.2) is 9.84 Å². The van der Waals surface area contributed by atoms with E-state index in [-0.39, 0.29) is 11.7 Å². The van der Waals surface area contributed by atoms with Crippen molar-refractivity contribution in [3.8, 4) is 0 Å². The maximum absolute atomic E-state index is 12.9. The van der Waals surface area contributed by atoms with E-state index < -0.39 is 21.1 Å². The lowest BCUT2D eigenvalue weighted by Gasteiger charge is -1.98. The fourth-order valence-corrected chi connectivity index (χ4v) is 3.50. The van der Waals surface area contributed by atoms with Gasteiger partial charge in [-0.15, -0.1) is 0 Å². The van der Waals surface area contributed by atoms with Crippen molar-refractivity contribution in [1.29, 1.82) is 0 Å². The quantitative estimate of drug-likeness (QED) is 0.810. The van der Waals surface area contributed by atoms with E-state index in [0.29, 0.717) is 5.56 Å². The highest BCUT2D eigenvalue weighted by Crippen LogP contribution is 2.44. The summed E-state index contributed by atoms with van der Waals surface area (Å²) >= 11 is 0. The minimum Gasteiger partial charge on any atom is -0.326 e. The summed E-state index contributed by atoms with van der Waals surface area (Å²) in [6.07, 6.45) is 1.16. The third kappa shape index (κ3) is 1.89. The van der Waals surface area contributed by atoms with Crippen molar-refractivity contribution in [3.63, 3.8) is 0 Å². The second-order valence-electron chi connectivity index (χ2n) is 3.95. The van der Waals surface area contributed by atoms with Crippen LogP contribution in [0.3, 0.4) is 0 Å². The number of rotatable bonds is 2. The molecule has 82 valence electrons. The van der Waals surface area contributed by atoms with Gasteiger partial charge in [0.1, 0.15) is 5.82 Å². The monoisotopic (exact) mass is 229 g/mol. The molecule has 2 N–H and O–H groups in total. The predicted octanol–water partition coefficient (Wildman–Crippen LogP) is 0.663. The van der Waals surface area contributed by atoms with Gasteiger partial charge in [-0.2, -0.15) is 0 Å². The molecule has 0 heterocycles. The lowest BCUT2D eigenvalue weighted by Crippen LogP contribution is -2.13. The molecule has 1 aromatic carbocycles. The summed E-state index contributed by atoms with van der Waals surface area (Å²) in [6.45, 7) is 0. The second kappa shape index (κ2) is 3.28. The molecular weight excluding hydrogens is 217 g/mol. The van der Waals surface area contributed by atoms with Gasteiger partial charge in [-0.25, -0.2) is 12.8 Å². The highest BCUT2D eigenvalue weighted by molar-refractivity contribution is 7.91. The Morgan fingerprint density at radius 1 is 1.40 bits per heavy atom. The SMILES string of the molecule is CS(=O)(=O)[C@@H]1[C@H](N)[C@H]1c1cccc(F)c1. The fourth-order valence-electron chi connectivity index (χ4n) is 1.98. The Morgan fingerprint density at radius 3 is 2.53 bits per heavy atom. The van der Waals surface area contributed by atoms with Gasteiger partial charge in [0.2, 0.25) is 0 Å². The van der Waals surface area contributed by atoms with Crippen molar-refractivity contribution in [2.45, 2.75) is 17.2 Å². The Bertz CT molecular complexity index is 486. The van der Waals surface area contributed by atoms with Gasteiger partial charge in [-0.1, -0.05) is 12.1 Å². The molecule has 1 fully saturated rings. The summed E-state index contributed by atoms with van der Waals surface area (Å²) in [5, 5.41) is -0.556. The summed E-state index contributed by atoms with van der Waals surface area (Å²) in [7, 11) is -3.14. The van der Waals surface area contributed by atoms with E-state index in [9.17, 15) is 12.8 Å². The molecule has 5 heteroatoms. The normalized spacial score (nSPS) is 30.2. The smallest absolute Gasteiger partial charge is 0.152 e. The second-order valence-corrected chi connectivity index (χ2v) is 6.16. The van der Waals surface area contributed by atoms with Crippen LogP contribution in [-0.4, -0.2) is 26.0 Å². The molecule has 0 bridgehead atoms. The van der Waals surface area contributed by atoms with Crippen molar-refractivity contribution in [2.75, 3.05) is 6.26 Å². The molecule has 0 aromatic heterocycles. The first-order valence-electron chi connectivity index (χ1n) is 4.61. The molecular formula is C10H12FNO2S. The van der Waals surface area contributed by atoms with E-state index in [4.69, 9.17) is 5.73 Å². The third-order valence-corrected chi connectivity index (χ3v) is 4.33. The van der Waals surface area contributed by atoms with E-state index >= 15 is 0 Å². The minimum absolute atomic E-state index is 0.254. The number of nitrogens with two attached hydrogens (primary N) is 1. The number of benzene rings is 1. The third-order valence-electron chi connectivity index (χ3n) is 2.74. The van der Waals surface area contributed by atoms with E-state index in [1.54, 1.807) is 12.1 Å². The topological polar surface area (TPSA) is 60.2 Å². The molecule has 1 saturated carbocycles. The zero-order valence-corrected chi connectivity index (χ0v) is 9.04. The van der Waals surface area contributed by atoms with Gasteiger partial charge in [-0.3, -0.25) is 0 Å². The van der Waals surface area contributed by atoms with Crippen LogP contribution in [0.4, 0.5) is 4.39 Å². The van der Waals surface area contributed by atoms with Gasteiger partial charge in [0, 0.05) is 18.2 Å². The molecule has 0 aliphatic heterocycles. The van der Waals surface area contributed by atoms with Gasteiger partial charge in [-0.05, 0) is 17.7 Å². The van der Waals surface area contributed by atoms with Crippen molar-refractivity contribution in [1.82, 2.24) is 0 Å². The molecule has 0 saturated heterocycles. The molecule has 3 atom stereocenters. The zero-order valence-electron chi connectivity index (χ0n) is 8.22. The molecule has 1 aromatic rings. The predicted molar refractivity (Wildman–Crippen MR) is 55.7 cm³/mol. The Hall–Kier alpha value is -0.940. The minimum atomic E-state index is -3.14. The van der Waals surface area contributed by atoms with Gasteiger partial charge < -0.3 is 5.73 Å². The molecule has 2 rings (SSSR count). The zero-order chi connectivity index (χ0) is 11.2. The van der Waals surface area contributed by atoms with Crippen LogP contribution in [0.25, 0.3) is 0 Å². The maximum atomic E-state index is 12.9. The highest BCUT2D eigenvalue weighted by atomic mass is 32.2. The first-order chi connectivity index (χ1) is 6.91.